The summed E-state index contributed by atoms with van der Waals surface area (Å²) in [6.07, 6.45) is 12.2. The van der Waals surface area contributed by atoms with Crippen molar-refractivity contribution in [2.24, 2.45) is 0 Å². The van der Waals surface area contributed by atoms with E-state index in [4.69, 9.17) is 0 Å². The van der Waals surface area contributed by atoms with Gasteiger partial charge in [0.15, 0.2) is 0 Å². The number of hydrogen-bond donors (Lipinski definition) is 0. The van der Waals surface area contributed by atoms with Gasteiger partial charge in [0.05, 0.1) is 0 Å². The van der Waals surface area contributed by atoms with Gasteiger partial charge in [0.2, 0.25) is 0 Å². The van der Waals surface area contributed by atoms with Crippen LogP contribution in [0.25, 0.3) is 12.2 Å². The lowest BCUT2D eigenvalue weighted by Gasteiger charge is -2.26. The zero-order chi connectivity index (χ0) is 17.7. The van der Waals surface area contributed by atoms with Gasteiger partial charge < -0.3 is 4.90 Å². The van der Waals surface area contributed by atoms with E-state index < -0.39 is 0 Å². The molecular formula is C24H33N. The van der Waals surface area contributed by atoms with Gasteiger partial charge >= 0.3 is 0 Å². The molecule has 0 N–H and O–H groups in total. The summed E-state index contributed by atoms with van der Waals surface area (Å²) in [5.74, 6) is 0. The Balaban J connectivity index is 2.16. The van der Waals surface area contributed by atoms with E-state index >= 15 is 0 Å². The number of anilines is 1. The first-order valence-corrected chi connectivity index (χ1v) is 9.92. The van der Waals surface area contributed by atoms with Crippen molar-refractivity contribution in [3.8, 4) is 0 Å². The van der Waals surface area contributed by atoms with Gasteiger partial charge in [-0.05, 0) is 30.0 Å². The second-order valence-electron chi connectivity index (χ2n) is 6.70. The average molecular weight is 336 g/mol. The number of hydrogen-bond acceptors (Lipinski definition) is 1. The molecule has 134 valence electrons. The summed E-state index contributed by atoms with van der Waals surface area (Å²) >= 11 is 0. The minimum absolute atomic E-state index is 1.16. The fourth-order valence-corrected chi connectivity index (χ4v) is 3.12. The van der Waals surface area contributed by atoms with Gasteiger partial charge in [0, 0.05) is 18.8 Å². The summed E-state index contributed by atoms with van der Waals surface area (Å²) in [5.41, 5.74) is 3.95. The third kappa shape index (κ3) is 6.78. The second-order valence-corrected chi connectivity index (χ2v) is 6.70. The normalized spacial score (nSPS) is 11.1. The highest BCUT2D eigenvalue weighted by Crippen LogP contribution is 2.24. The van der Waals surface area contributed by atoms with Gasteiger partial charge in [0.1, 0.15) is 0 Å². The summed E-state index contributed by atoms with van der Waals surface area (Å²) in [6.45, 7) is 6.87. The van der Waals surface area contributed by atoms with Crippen molar-refractivity contribution >= 4 is 17.8 Å². The first kappa shape index (κ1) is 19.3. The van der Waals surface area contributed by atoms with E-state index in [1.54, 1.807) is 0 Å². The van der Waals surface area contributed by atoms with E-state index in [0.29, 0.717) is 0 Å². The Kier molecular flexibility index (Phi) is 8.90. The topological polar surface area (TPSA) is 3.24 Å². The van der Waals surface area contributed by atoms with Crippen molar-refractivity contribution in [2.45, 2.75) is 52.4 Å². The smallest absolute Gasteiger partial charge is 0.0439 e. The number of rotatable bonds is 11. The molecule has 2 aromatic carbocycles. The lowest BCUT2D eigenvalue weighted by molar-refractivity contribution is 0.636. The van der Waals surface area contributed by atoms with Crippen LogP contribution in [0.4, 0.5) is 5.69 Å². The molecule has 0 aliphatic rings. The van der Waals surface area contributed by atoms with Crippen molar-refractivity contribution < 1.29 is 0 Å². The molecule has 0 aliphatic carbocycles. The third-order valence-electron chi connectivity index (χ3n) is 4.60. The van der Waals surface area contributed by atoms with Crippen LogP contribution < -0.4 is 4.90 Å². The molecule has 0 aliphatic heterocycles. The van der Waals surface area contributed by atoms with Gasteiger partial charge in [-0.3, -0.25) is 0 Å². The summed E-state index contributed by atoms with van der Waals surface area (Å²) in [4.78, 5) is 2.59. The summed E-state index contributed by atoms with van der Waals surface area (Å²) in [6, 6.07) is 19.4. The van der Waals surface area contributed by atoms with Gasteiger partial charge in [-0.15, -0.1) is 0 Å². The van der Waals surface area contributed by atoms with Gasteiger partial charge in [-0.2, -0.15) is 0 Å². The van der Waals surface area contributed by atoms with Crippen molar-refractivity contribution in [1.29, 1.82) is 0 Å². The van der Waals surface area contributed by atoms with Crippen LogP contribution >= 0.6 is 0 Å². The fourth-order valence-electron chi connectivity index (χ4n) is 3.12. The molecule has 0 amide bonds. The van der Waals surface area contributed by atoms with Gasteiger partial charge in [-0.1, -0.05) is 100 Å². The summed E-state index contributed by atoms with van der Waals surface area (Å²) in [5, 5.41) is 0. The molecule has 0 unspecified atom stereocenters. The lowest BCUT2D eigenvalue weighted by atomic mass is 10.1. The molecule has 0 atom stereocenters. The van der Waals surface area contributed by atoms with E-state index in [9.17, 15) is 0 Å². The third-order valence-corrected chi connectivity index (χ3v) is 4.60. The maximum Gasteiger partial charge on any atom is 0.0439 e. The molecule has 25 heavy (non-hydrogen) atoms. The zero-order valence-corrected chi connectivity index (χ0v) is 16.0. The van der Waals surface area contributed by atoms with Crippen LogP contribution in [-0.2, 0) is 0 Å². The number of benzene rings is 2. The minimum atomic E-state index is 1.16. The van der Waals surface area contributed by atoms with Crippen molar-refractivity contribution in [3.05, 3.63) is 65.7 Å². The Morgan fingerprint density at radius 1 is 0.680 bits per heavy atom. The van der Waals surface area contributed by atoms with Crippen LogP contribution in [-0.4, -0.2) is 13.1 Å². The molecule has 2 rings (SSSR count). The predicted molar refractivity (Wildman–Crippen MR) is 113 cm³/mol. The molecule has 1 heteroatoms. The number of nitrogens with zero attached hydrogens (tertiary/aromatic N) is 1. The van der Waals surface area contributed by atoms with Crippen LogP contribution in [0.3, 0.4) is 0 Å². The standard InChI is InChI=1S/C24H33N/c1-3-5-12-20-25(21-13-6-4-2)24-17-11-10-16-23(24)19-18-22-14-8-7-9-15-22/h7-11,14-19H,3-6,12-13,20-21H2,1-2H3/b19-18+. The van der Waals surface area contributed by atoms with Crippen molar-refractivity contribution in [2.75, 3.05) is 18.0 Å². The van der Waals surface area contributed by atoms with Crippen LogP contribution in [0, 0.1) is 0 Å². The Morgan fingerprint density at radius 3 is 1.92 bits per heavy atom. The lowest BCUT2D eigenvalue weighted by Crippen LogP contribution is -2.26. The highest BCUT2D eigenvalue weighted by Gasteiger charge is 2.09. The summed E-state index contributed by atoms with van der Waals surface area (Å²) in [7, 11) is 0. The maximum atomic E-state index is 2.59. The first-order chi connectivity index (χ1) is 12.3. The van der Waals surface area contributed by atoms with Crippen molar-refractivity contribution in [1.82, 2.24) is 0 Å². The molecule has 0 fully saturated rings. The highest BCUT2D eigenvalue weighted by molar-refractivity contribution is 5.77. The number of para-hydroxylation sites is 1. The predicted octanol–water partition coefficient (Wildman–Crippen LogP) is 7.04. The first-order valence-electron chi connectivity index (χ1n) is 9.92. The Morgan fingerprint density at radius 2 is 1.28 bits per heavy atom. The Hall–Kier alpha value is -2.02. The monoisotopic (exact) mass is 335 g/mol. The molecule has 0 saturated heterocycles. The summed E-state index contributed by atoms with van der Waals surface area (Å²) < 4.78 is 0. The minimum Gasteiger partial charge on any atom is -0.371 e. The average Bonchev–Trinajstić information content (AvgIpc) is 2.66. The van der Waals surface area contributed by atoms with Crippen LogP contribution in [0.1, 0.15) is 63.5 Å². The highest BCUT2D eigenvalue weighted by atomic mass is 15.1. The Labute approximate surface area is 154 Å². The molecule has 0 heterocycles. The molecule has 1 nitrogen and oxygen atoms in total. The molecule has 0 aromatic heterocycles. The van der Waals surface area contributed by atoms with E-state index in [1.807, 2.05) is 0 Å². The molecule has 0 bridgehead atoms. The van der Waals surface area contributed by atoms with E-state index in [0.717, 1.165) is 13.1 Å². The van der Waals surface area contributed by atoms with Crippen LogP contribution in [0.5, 0.6) is 0 Å². The SMILES string of the molecule is CCCCCN(CCCCC)c1ccccc1/C=C/c1ccccc1. The second kappa shape index (κ2) is 11.5. The van der Waals surface area contributed by atoms with Crippen LogP contribution in [0.2, 0.25) is 0 Å². The number of unbranched alkanes of at least 4 members (excludes halogenated alkanes) is 4. The largest absolute Gasteiger partial charge is 0.371 e. The molecule has 0 saturated carbocycles. The van der Waals surface area contributed by atoms with E-state index in [1.165, 1.54) is 55.3 Å². The van der Waals surface area contributed by atoms with Gasteiger partial charge in [-0.25, -0.2) is 0 Å². The van der Waals surface area contributed by atoms with Crippen molar-refractivity contribution in [3.63, 3.8) is 0 Å². The van der Waals surface area contributed by atoms with Crippen LogP contribution in [0.15, 0.2) is 54.6 Å². The Bertz CT molecular complexity index is 605. The molecular weight excluding hydrogens is 302 g/mol. The van der Waals surface area contributed by atoms with Gasteiger partial charge in [0.25, 0.3) is 0 Å². The quantitative estimate of drug-likeness (QED) is 0.314. The zero-order valence-electron chi connectivity index (χ0n) is 16.0. The van der Waals surface area contributed by atoms with E-state index in [2.05, 4.69) is 85.5 Å². The molecule has 0 radical (unpaired) electrons. The molecule has 0 spiro atoms. The fraction of sp³-hybridized carbons (Fsp3) is 0.417. The molecule has 2 aromatic rings. The maximum absolute atomic E-state index is 2.59. The van der Waals surface area contributed by atoms with E-state index in [-0.39, 0.29) is 0 Å².